The number of aromatic amines is 2. The van der Waals surface area contributed by atoms with E-state index in [1.807, 2.05) is 37.9 Å². The summed E-state index contributed by atoms with van der Waals surface area (Å²) in [4.78, 5) is 44.1. The minimum absolute atomic E-state index is 0. The van der Waals surface area contributed by atoms with Crippen molar-refractivity contribution >= 4 is 45.6 Å². The Morgan fingerprint density at radius 3 is 1.86 bits per heavy atom. The van der Waals surface area contributed by atoms with Gasteiger partial charge in [-0.3, -0.25) is 9.80 Å². The number of terminal acetylenes is 2. The molecule has 0 spiro atoms. The monoisotopic (exact) mass is 786 g/mol. The molecular weight excluding hydrogens is 724 g/mol. The van der Waals surface area contributed by atoms with Crippen LogP contribution in [0, 0.1) is 24.7 Å². The average Bonchev–Trinajstić information content (AvgIpc) is 4.00. The zero-order valence-electron chi connectivity index (χ0n) is 32.0. The smallest absolute Gasteiger partial charge is 0.410 e. The van der Waals surface area contributed by atoms with Gasteiger partial charge in [-0.15, -0.1) is 12.8 Å². The maximum atomic E-state index is 12.2. The molecule has 56 heavy (non-hydrogen) atoms. The predicted molar refractivity (Wildman–Crippen MR) is 229 cm³/mol. The van der Waals surface area contributed by atoms with Gasteiger partial charge in [0.2, 0.25) is 0 Å². The number of nitrogens with zero attached hydrogens (tertiary/aromatic N) is 8. The van der Waals surface area contributed by atoms with Crippen LogP contribution in [-0.2, 0) is 4.74 Å². The summed E-state index contributed by atoms with van der Waals surface area (Å²) >= 11 is 5.73. The van der Waals surface area contributed by atoms with Crippen LogP contribution in [0.2, 0.25) is 5.15 Å². The quantitative estimate of drug-likeness (QED) is 0.141. The van der Waals surface area contributed by atoms with Crippen LogP contribution in [0.5, 0.6) is 0 Å². The molecular formula is C43H63ClN10O2. The summed E-state index contributed by atoms with van der Waals surface area (Å²) in [5, 5.41) is 2.47. The van der Waals surface area contributed by atoms with Gasteiger partial charge in [0.15, 0.2) is 0 Å². The van der Waals surface area contributed by atoms with Gasteiger partial charge in [0.25, 0.3) is 0 Å². The average molecular weight is 787 g/mol. The molecule has 4 fully saturated rings. The molecule has 8 rings (SSSR count). The van der Waals surface area contributed by atoms with E-state index in [-0.39, 0.29) is 20.9 Å². The fourth-order valence-corrected chi connectivity index (χ4v) is 8.65. The van der Waals surface area contributed by atoms with E-state index in [2.05, 4.69) is 62.5 Å². The van der Waals surface area contributed by atoms with Crippen LogP contribution in [0.3, 0.4) is 0 Å². The van der Waals surface area contributed by atoms with E-state index in [0.29, 0.717) is 35.9 Å². The molecule has 1 amide bonds. The van der Waals surface area contributed by atoms with Crippen LogP contribution < -0.4 is 4.90 Å². The molecule has 2 aliphatic carbocycles. The lowest BCUT2D eigenvalue weighted by atomic mass is 10.1. The molecule has 2 saturated carbocycles. The van der Waals surface area contributed by atoms with Crippen molar-refractivity contribution in [1.29, 1.82) is 0 Å². The maximum absolute atomic E-state index is 12.2. The number of H-pyrrole nitrogens is 2. The Morgan fingerprint density at radius 2 is 1.30 bits per heavy atom. The molecule has 0 radical (unpaired) electrons. The van der Waals surface area contributed by atoms with E-state index in [1.54, 1.807) is 12.5 Å². The highest BCUT2D eigenvalue weighted by atomic mass is 35.5. The van der Waals surface area contributed by atoms with Crippen molar-refractivity contribution in [3.05, 3.63) is 42.3 Å². The number of carbonyl (C=O) groups excluding carboxylic acids is 1. The van der Waals surface area contributed by atoms with Crippen LogP contribution in [0.15, 0.2) is 37.2 Å². The number of nitrogens with one attached hydrogen (secondary N) is 2. The summed E-state index contributed by atoms with van der Waals surface area (Å²) < 4.78 is 5.46. The Kier molecular flexibility index (Phi) is 16.4. The first-order valence-electron chi connectivity index (χ1n) is 19.5. The number of likely N-dealkylation sites (tertiary alicyclic amines) is 1. The highest BCUT2D eigenvalue weighted by Gasteiger charge is 2.36. The molecule has 6 heterocycles. The summed E-state index contributed by atoms with van der Waals surface area (Å²) in [6.07, 6.45) is 30.3. The lowest BCUT2D eigenvalue weighted by Crippen LogP contribution is -2.44. The summed E-state index contributed by atoms with van der Waals surface area (Å²) in [6, 6.07) is 6.11. The van der Waals surface area contributed by atoms with Crippen molar-refractivity contribution in [1.82, 2.24) is 44.6 Å². The van der Waals surface area contributed by atoms with Crippen LogP contribution >= 0.6 is 11.6 Å². The summed E-state index contributed by atoms with van der Waals surface area (Å²) in [5.41, 5.74) is 1.26. The Hall–Kier alpha value is -4.36. The van der Waals surface area contributed by atoms with Gasteiger partial charge < -0.3 is 24.5 Å². The number of hydrogen-bond acceptors (Lipinski definition) is 9. The number of halogens is 1. The molecule has 304 valence electrons. The van der Waals surface area contributed by atoms with Crippen molar-refractivity contribution in [3.63, 3.8) is 0 Å². The van der Waals surface area contributed by atoms with E-state index in [9.17, 15) is 4.79 Å². The van der Waals surface area contributed by atoms with Crippen LogP contribution in [0.1, 0.15) is 99.8 Å². The third-order valence-corrected chi connectivity index (χ3v) is 11.3. The molecule has 12 nitrogen and oxygen atoms in total. The zero-order valence-corrected chi connectivity index (χ0v) is 32.8. The SMILES string of the molecule is C.C.C#CCN(C1CCCC1)[C@@H]1CCN(C(=O)OC(C)(C)C)C1.C#CCN(C1CCCC1)[C@@H]1CCN(c2ncnc3[nH]ccc23)C1.Clc1ncnc2[nH]ccc12. The van der Waals surface area contributed by atoms with Crippen LogP contribution in [0.4, 0.5) is 10.6 Å². The Morgan fingerprint density at radius 1 is 0.786 bits per heavy atom. The first-order chi connectivity index (χ1) is 26.1. The molecule has 0 unspecified atom stereocenters. The molecule has 13 heteroatoms. The number of fused-ring (bicyclic) bond motifs is 2. The van der Waals surface area contributed by atoms with Gasteiger partial charge in [0.05, 0.1) is 23.9 Å². The highest BCUT2D eigenvalue weighted by Crippen LogP contribution is 2.32. The Labute approximate surface area is 339 Å². The van der Waals surface area contributed by atoms with Crippen molar-refractivity contribution in [2.75, 3.05) is 44.2 Å². The van der Waals surface area contributed by atoms with Crippen molar-refractivity contribution in [3.8, 4) is 24.7 Å². The third-order valence-electron chi connectivity index (χ3n) is 11.0. The molecule has 4 aromatic rings. The normalized spacial score (nSPS) is 19.9. The number of ether oxygens (including phenoxy) is 1. The number of hydrogen-bond donors (Lipinski definition) is 2. The summed E-state index contributed by atoms with van der Waals surface area (Å²) in [6.45, 7) is 10.7. The number of rotatable bonds is 7. The number of amides is 1. The lowest BCUT2D eigenvalue weighted by Gasteiger charge is -2.33. The minimum atomic E-state index is -0.431. The molecule has 4 aromatic heterocycles. The molecule has 2 saturated heterocycles. The van der Waals surface area contributed by atoms with Gasteiger partial charge in [-0.05, 0) is 71.4 Å². The van der Waals surface area contributed by atoms with Gasteiger partial charge in [-0.25, -0.2) is 24.7 Å². The maximum Gasteiger partial charge on any atom is 0.410 e. The van der Waals surface area contributed by atoms with Crippen molar-refractivity contribution < 1.29 is 9.53 Å². The molecule has 4 aliphatic rings. The van der Waals surface area contributed by atoms with Crippen molar-refractivity contribution in [2.45, 2.75) is 130 Å². The van der Waals surface area contributed by atoms with E-state index in [1.165, 1.54) is 57.7 Å². The number of carbonyl (C=O) groups is 1. The minimum Gasteiger partial charge on any atom is -0.444 e. The van der Waals surface area contributed by atoms with Crippen LogP contribution in [-0.4, -0.2) is 120 Å². The molecule has 2 N–H and O–H groups in total. The third kappa shape index (κ3) is 11.1. The molecule has 2 atom stereocenters. The number of anilines is 1. The van der Waals surface area contributed by atoms with Gasteiger partial charge in [0.1, 0.15) is 40.5 Å². The fourth-order valence-electron chi connectivity index (χ4n) is 8.46. The first kappa shape index (κ1) is 44.4. The topological polar surface area (TPSA) is 122 Å². The first-order valence-corrected chi connectivity index (χ1v) is 19.9. The standard InChI is InChI=1S/C18H23N5.C17H28N2O2.C6H4ClN3.2CH4/c1-2-10-23(14-5-3-4-6-14)15-8-11-22(12-15)18-16-7-9-19-17(16)20-13-21-18;1-5-11-19(14-8-6-7-9-14)15-10-12-18(13-15)16(20)21-17(2,3)4;7-5-4-1-2-8-6(4)10-3-9-5;;/h1,7,9,13-15H,3-6,8,10-12H2,(H,19,20,21);1,14-15H,6-13H2,2-4H3;1-3H,(H,8,9,10);2*1H4/t2*15-;;;/m11.../s1. The second kappa shape index (κ2) is 20.7. The highest BCUT2D eigenvalue weighted by molar-refractivity contribution is 6.33. The van der Waals surface area contributed by atoms with Gasteiger partial charge in [0, 0.05) is 62.7 Å². The van der Waals surface area contributed by atoms with E-state index in [0.717, 1.165) is 73.5 Å². The van der Waals surface area contributed by atoms with Gasteiger partial charge in [-0.1, -0.05) is 64.0 Å². The second-order valence-corrected chi connectivity index (χ2v) is 16.1. The lowest BCUT2D eigenvalue weighted by molar-refractivity contribution is 0.0275. The van der Waals surface area contributed by atoms with E-state index < -0.39 is 5.60 Å². The largest absolute Gasteiger partial charge is 0.444 e. The van der Waals surface area contributed by atoms with E-state index >= 15 is 0 Å². The predicted octanol–water partition coefficient (Wildman–Crippen LogP) is 8.17. The zero-order chi connectivity index (χ0) is 38.1. The van der Waals surface area contributed by atoms with Gasteiger partial charge in [-0.2, -0.15) is 0 Å². The Balaban J connectivity index is 0.000000195. The molecule has 0 bridgehead atoms. The van der Waals surface area contributed by atoms with E-state index in [4.69, 9.17) is 29.2 Å². The van der Waals surface area contributed by atoms with Crippen molar-refractivity contribution in [2.24, 2.45) is 0 Å². The molecule has 2 aliphatic heterocycles. The van der Waals surface area contributed by atoms with Crippen LogP contribution in [0.25, 0.3) is 22.1 Å². The second-order valence-electron chi connectivity index (χ2n) is 15.7. The number of aromatic nitrogens is 6. The summed E-state index contributed by atoms with van der Waals surface area (Å²) in [7, 11) is 0. The van der Waals surface area contributed by atoms with Gasteiger partial charge >= 0.3 is 6.09 Å². The fraction of sp³-hybridized carbons (Fsp3) is 0.605. The Bertz CT molecular complexity index is 1900. The molecule has 0 aromatic carbocycles. The summed E-state index contributed by atoms with van der Waals surface area (Å²) in [5.74, 6) is 6.72.